The first kappa shape index (κ1) is 10.2. The van der Waals surface area contributed by atoms with Crippen LogP contribution >= 0.6 is 0 Å². The van der Waals surface area contributed by atoms with Gasteiger partial charge in [-0.15, -0.1) is 0 Å². The molecule has 2 heterocycles. The van der Waals surface area contributed by atoms with E-state index in [1.54, 1.807) is 4.90 Å². The fourth-order valence-corrected chi connectivity index (χ4v) is 1.75. The van der Waals surface area contributed by atoms with Crippen molar-refractivity contribution >= 4 is 12.0 Å². The van der Waals surface area contributed by atoms with Crippen LogP contribution < -0.4 is 5.32 Å². The Bertz CT molecular complexity index is 263. The van der Waals surface area contributed by atoms with Crippen LogP contribution in [0.15, 0.2) is 0 Å². The first-order chi connectivity index (χ1) is 7.27. The molecule has 2 rings (SSSR count). The average Bonchev–Trinajstić information content (AvgIpc) is 2.66. The lowest BCUT2D eigenvalue weighted by molar-refractivity contribution is -0.132. The lowest BCUT2D eigenvalue weighted by atomic mass is 10.3. The van der Waals surface area contributed by atoms with E-state index in [0.29, 0.717) is 13.2 Å². The summed E-state index contributed by atoms with van der Waals surface area (Å²) in [5.74, 6) is 0.00958. The molecule has 0 atom stereocenters. The van der Waals surface area contributed by atoms with Crippen LogP contribution in [0.3, 0.4) is 0 Å². The average molecular weight is 213 g/mol. The SMILES string of the molecule is O=C(CN1CCOC1=O)N1CCNCC1. The van der Waals surface area contributed by atoms with E-state index < -0.39 is 0 Å². The van der Waals surface area contributed by atoms with Crippen molar-refractivity contribution in [3.63, 3.8) is 0 Å². The largest absolute Gasteiger partial charge is 0.448 e. The molecular formula is C9H15N3O3. The molecule has 0 aliphatic carbocycles. The van der Waals surface area contributed by atoms with Gasteiger partial charge in [0.15, 0.2) is 0 Å². The summed E-state index contributed by atoms with van der Waals surface area (Å²) in [7, 11) is 0. The van der Waals surface area contributed by atoms with Gasteiger partial charge in [0.25, 0.3) is 0 Å². The molecule has 0 radical (unpaired) electrons. The van der Waals surface area contributed by atoms with Gasteiger partial charge < -0.3 is 15.0 Å². The van der Waals surface area contributed by atoms with Crippen molar-refractivity contribution in [1.29, 1.82) is 0 Å². The van der Waals surface area contributed by atoms with Crippen LogP contribution in [0.2, 0.25) is 0 Å². The van der Waals surface area contributed by atoms with E-state index in [-0.39, 0.29) is 18.5 Å². The minimum absolute atomic E-state index is 0.00958. The van der Waals surface area contributed by atoms with Crippen LogP contribution in [0.5, 0.6) is 0 Å². The molecule has 0 bridgehead atoms. The monoisotopic (exact) mass is 213 g/mol. The van der Waals surface area contributed by atoms with E-state index in [4.69, 9.17) is 4.74 Å². The Labute approximate surface area is 88.2 Å². The molecule has 1 N–H and O–H groups in total. The van der Waals surface area contributed by atoms with Gasteiger partial charge in [-0.1, -0.05) is 0 Å². The van der Waals surface area contributed by atoms with Crippen molar-refractivity contribution in [2.75, 3.05) is 45.9 Å². The highest BCUT2D eigenvalue weighted by Gasteiger charge is 2.26. The smallest absolute Gasteiger partial charge is 0.410 e. The Hall–Kier alpha value is -1.30. The van der Waals surface area contributed by atoms with Gasteiger partial charge in [0.2, 0.25) is 5.91 Å². The number of rotatable bonds is 2. The molecule has 0 spiro atoms. The fourth-order valence-electron chi connectivity index (χ4n) is 1.75. The molecule has 15 heavy (non-hydrogen) atoms. The third-order valence-electron chi connectivity index (χ3n) is 2.64. The summed E-state index contributed by atoms with van der Waals surface area (Å²) in [5.41, 5.74) is 0. The number of cyclic esters (lactones) is 1. The highest BCUT2D eigenvalue weighted by Crippen LogP contribution is 2.04. The molecule has 0 aromatic heterocycles. The van der Waals surface area contributed by atoms with Gasteiger partial charge in [0.05, 0.1) is 6.54 Å². The van der Waals surface area contributed by atoms with Gasteiger partial charge in [-0.2, -0.15) is 0 Å². The number of hydrogen-bond donors (Lipinski definition) is 1. The third-order valence-corrected chi connectivity index (χ3v) is 2.64. The maximum absolute atomic E-state index is 11.7. The number of nitrogens with one attached hydrogen (secondary N) is 1. The molecule has 6 heteroatoms. The molecule has 2 aliphatic rings. The second-order valence-corrected chi connectivity index (χ2v) is 3.67. The summed E-state index contributed by atoms with van der Waals surface area (Å²) < 4.78 is 4.76. The number of ether oxygens (including phenoxy) is 1. The normalized spacial score (nSPS) is 21.7. The molecule has 2 amide bonds. The Morgan fingerprint density at radius 3 is 2.67 bits per heavy atom. The zero-order valence-corrected chi connectivity index (χ0v) is 8.57. The number of nitrogens with zero attached hydrogens (tertiary/aromatic N) is 2. The Morgan fingerprint density at radius 1 is 1.33 bits per heavy atom. The number of carbonyl (C=O) groups excluding carboxylic acids is 2. The molecule has 84 valence electrons. The summed E-state index contributed by atoms with van der Waals surface area (Å²) in [5, 5.41) is 3.17. The van der Waals surface area contributed by atoms with Crippen molar-refractivity contribution in [2.24, 2.45) is 0 Å². The predicted molar refractivity (Wildman–Crippen MR) is 52.4 cm³/mol. The second-order valence-electron chi connectivity index (χ2n) is 3.67. The van der Waals surface area contributed by atoms with Gasteiger partial charge in [0.1, 0.15) is 13.2 Å². The molecule has 2 saturated heterocycles. The number of amides is 2. The summed E-state index contributed by atoms with van der Waals surface area (Å²) >= 11 is 0. The number of hydrogen-bond acceptors (Lipinski definition) is 4. The Kier molecular flexibility index (Phi) is 3.05. The minimum Gasteiger partial charge on any atom is -0.448 e. The quantitative estimate of drug-likeness (QED) is 0.630. The van der Waals surface area contributed by atoms with Crippen molar-refractivity contribution in [2.45, 2.75) is 0 Å². The van der Waals surface area contributed by atoms with Gasteiger partial charge in [-0.25, -0.2) is 4.79 Å². The number of piperazine rings is 1. The summed E-state index contributed by atoms with van der Waals surface area (Å²) in [4.78, 5) is 26.1. The highest BCUT2D eigenvalue weighted by molar-refractivity contribution is 5.83. The van der Waals surface area contributed by atoms with Gasteiger partial charge >= 0.3 is 6.09 Å². The Balaban J connectivity index is 1.82. The van der Waals surface area contributed by atoms with Crippen molar-refractivity contribution in [1.82, 2.24) is 15.1 Å². The van der Waals surface area contributed by atoms with Crippen LogP contribution in [-0.2, 0) is 9.53 Å². The van der Waals surface area contributed by atoms with Crippen LogP contribution in [0, 0.1) is 0 Å². The molecule has 2 fully saturated rings. The van der Waals surface area contributed by atoms with E-state index in [9.17, 15) is 9.59 Å². The van der Waals surface area contributed by atoms with Crippen molar-refractivity contribution < 1.29 is 14.3 Å². The van der Waals surface area contributed by atoms with Crippen molar-refractivity contribution in [3.05, 3.63) is 0 Å². The zero-order chi connectivity index (χ0) is 10.7. The lowest BCUT2D eigenvalue weighted by Gasteiger charge is -2.28. The second kappa shape index (κ2) is 4.48. The minimum atomic E-state index is -0.376. The van der Waals surface area contributed by atoms with Gasteiger partial charge in [-0.3, -0.25) is 9.69 Å². The summed E-state index contributed by atoms with van der Waals surface area (Å²) in [6.45, 7) is 4.18. The van der Waals surface area contributed by atoms with Gasteiger partial charge in [0, 0.05) is 26.2 Å². The fraction of sp³-hybridized carbons (Fsp3) is 0.778. The first-order valence-corrected chi connectivity index (χ1v) is 5.17. The molecule has 6 nitrogen and oxygen atoms in total. The Morgan fingerprint density at radius 2 is 2.07 bits per heavy atom. The van der Waals surface area contributed by atoms with Gasteiger partial charge in [-0.05, 0) is 0 Å². The highest BCUT2D eigenvalue weighted by atomic mass is 16.6. The summed E-state index contributed by atoms with van der Waals surface area (Å²) in [6, 6.07) is 0. The van der Waals surface area contributed by atoms with Crippen LogP contribution in [-0.4, -0.2) is 67.7 Å². The standard InChI is InChI=1S/C9H15N3O3/c13-8(11-3-1-10-2-4-11)7-12-5-6-15-9(12)14/h10H,1-7H2. The molecule has 0 aromatic rings. The topological polar surface area (TPSA) is 61.9 Å². The predicted octanol–water partition coefficient (Wildman–Crippen LogP) is -1.13. The maximum atomic E-state index is 11.7. The molecule has 0 aromatic carbocycles. The number of carbonyl (C=O) groups is 2. The van der Waals surface area contributed by atoms with Crippen LogP contribution in [0.25, 0.3) is 0 Å². The van der Waals surface area contributed by atoms with E-state index in [1.165, 1.54) is 4.90 Å². The molecule has 0 unspecified atom stereocenters. The van der Waals surface area contributed by atoms with E-state index >= 15 is 0 Å². The lowest BCUT2D eigenvalue weighted by Crippen LogP contribution is -2.49. The maximum Gasteiger partial charge on any atom is 0.410 e. The zero-order valence-electron chi connectivity index (χ0n) is 8.57. The van der Waals surface area contributed by atoms with Crippen LogP contribution in [0.4, 0.5) is 4.79 Å². The van der Waals surface area contributed by atoms with E-state index in [1.807, 2.05) is 0 Å². The molecule has 0 saturated carbocycles. The summed E-state index contributed by atoms with van der Waals surface area (Å²) in [6.07, 6.45) is -0.376. The molecule has 2 aliphatic heterocycles. The van der Waals surface area contributed by atoms with Crippen molar-refractivity contribution in [3.8, 4) is 0 Å². The van der Waals surface area contributed by atoms with Crippen LogP contribution in [0.1, 0.15) is 0 Å². The van der Waals surface area contributed by atoms with E-state index in [0.717, 1.165) is 26.2 Å². The molecular weight excluding hydrogens is 198 g/mol. The third kappa shape index (κ3) is 2.38. The van der Waals surface area contributed by atoms with E-state index in [2.05, 4.69) is 5.32 Å². The first-order valence-electron chi connectivity index (χ1n) is 5.17.